The zero-order valence-electron chi connectivity index (χ0n) is 37.5. The van der Waals surface area contributed by atoms with E-state index in [-0.39, 0.29) is 6.61 Å². The first-order valence-electron chi connectivity index (χ1n) is 23.6. The molecule has 0 atom stereocenters. The quantitative estimate of drug-likeness (QED) is 0.0375. The number of ether oxygens (including phenoxy) is 4. The second-order valence-corrected chi connectivity index (χ2v) is 15.4. The van der Waals surface area contributed by atoms with E-state index in [1.807, 2.05) is 18.2 Å². The fourth-order valence-corrected chi connectivity index (χ4v) is 6.61. The zero-order chi connectivity index (χ0) is 41.1. The number of carbonyl (C=O) groups excluding carboxylic acids is 1. The molecule has 0 fully saturated rings. The second kappa shape index (κ2) is 41.2. The largest absolute Gasteiger partial charge is 0.508 e. The van der Waals surface area contributed by atoms with E-state index in [9.17, 15) is 4.79 Å². The standard InChI is InChI=1S/C51H87NO5/c1-5-9-11-13-15-17-19-21-23-25-27-29-31-33-35-37-43-54-49-40-41-50(48(46-49)47-57-51(53)56-45-39-42-52(7-3)8-4)55-44-38-36-34-32-30-28-26-24-22-20-18-16-14-12-10-6-2/h15-18,21-24,40-41,46H,5-14,19-20,25-39,42-45,47H2,1-4H3/b17-15-,18-16-,23-21-,24-22-. The number of carbonyl (C=O) groups is 1. The molecule has 0 aliphatic heterocycles. The van der Waals surface area contributed by atoms with Gasteiger partial charge in [-0.2, -0.15) is 0 Å². The van der Waals surface area contributed by atoms with Crippen LogP contribution in [0.25, 0.3) is 0 Å². The first-order chi connectivity index (χ1) is 28.1. The highest BCUT2D eigenvalue weighted by Gasteiger charge is 2.12. The highest BCUT2D eigenvalue weighted by molar-refractivity contribution is 5.60. The van der Waals surface area contributed by atoms with E-state index in [1.54, 1.807) is 0 Å². The van der Waals surface area contributed by atoms with Crippen LogP contribution in [0.15, 0.2) is 66.8 Å². The Hall–Kier alpha value is -2.99. The minimum absolute atomic E-state index is 0.0933. The average Bonchev–Trinajstić information content (AvgIpc) is 3.22. The van der Waals surface area contributed by atoms with E-state index in [2.05, 4.69) is 81.2 Å². The molecule has 1 aromatic carbocycles. The molecule has 326 valence electrons. The number of nitrogens with zero attached hydrogens (tertiary/aromatic N) is 1. The van der Waals surface area contributed by atoms with Gasteiger partial charge in [-0.15, -0.1) is 0 Å². The molecule has 0 N–H and O–H groups in total. The minimum Gasteiger partial charge on any atom is -0.494 e. The Morgan fingerprint density at radius 2 is 0.982 bits per heavy atom. The van der Waals surface area contributed by atoms with Crippen LogP contribution >= 0.6 is 0 Å². The molecule has 6 heteroatoms. The summed E-state index contributed by atoms with van der Waals surface area (Å²) in [5, 5.41) is 0. The molecular weight excluding hydrogens is 707 g/mol. The molecule has 0 heterocycles. The van der Waals surface area contributed by atoms with Crippen molar-refractivity contribution >= 4 is 6.16 Å². The van der Waals surface area contributed by atoms with E-state index in [1.165, 1.54) is 122 Å². The number of allylic oxidation sites excluding steroid dienone is 8. The van der Waals surface area contributed by atoms with Crippen LogP contribution in [-0.4, -0.2) is 50.5 Å². The SMILES string of the molecule is CCCCC/C=C\C/C=C\CCCCCCCCOc1ccc(OCCCCCCCC/C=C\C/C=C\CCCCC)c(COC(=O)OCCCN(CC)CC)c1. The molecule has 57 heavy (non-hydrogen) atoms. The lowest BCUT2D eigenvalue weighted by molar-refractivity contribution is 0.0468. The molecule has 0 bridgehead atoms. The predicted molar refractivity (Wildman–Crippen MR) is 245 cm³/mol. The van der Waals surface area contributed by atoms with E-state index in [0.29, 0.717) is 19.8 Å². The second-order valence-electron chi connectivity index (χ2n) is 15.4. The van der Waals surface area contributed by atoms with Crippen molar-refractivity contribution in [3.05, 3.63) is 72.4 Å². The first kappa shape index (κ1) is 52.0. The molecule has 6 nitrogen and oxygen atoms in total. The lowest BCUT2D eigenvalue weighted by Crippen LogP contribution is -2.25. The summed E-state index contributed by atoms with van der Waals surface area (Å²) in [6, 6.07) is 5.88. The molecule has 0 saturated carbocycles. The lowest BCUT2D eigenvalue weighted by atomic mass is 10.1. The molecule has 0 radical (unpaired) electrons. The van der Waals surface area contributed by atoms with Crippen molar-refractivity contribution < 1.29 is 23.7 Å². The van der Waals surface area contributed by atoms with E-state index in [4.69, 9.17) is 18.9 Å². The van der Waals surface area contributed by atoms with E-state index >= 15 is 0 Å². The summed E-state index contributed by atoms with van der Waals surface area (Å²) in [6.07, 6.45) is 48.0. The van der Waals surface area contributed by atoms with Crippen molar-refractivity contribution in [2.24, 2.45) is 0 Å². The molecule has 1 rings (SSSR count). The highest BCUT2D eigenvalue weighted by Crippen LogP contribution is 2.26. The molecule has 0 saturated heterocycles. The van der Waals surface area contributed by atoms with Gasteiger partial charge in [0.25, 0.3) is 0 Å². The summed E-state index contributed by atoms with van der Waals surface area (Å²) in [6.45, 7) is 13.5. The van der Waals surface area contributed by atoms with Crippen molar-refractivity contribution in [3.8, 4) is 11.5 Å². The molecule has 1 aromatic rings. The molecule has 0 unspecified atom stereocenters. The van der Waals surface area contributed by atoms with Gasteiger partial charge in [0.05, 0.1) is 19.8 Å². The molecule has 0 spiro atoms. The van der Waals surface area contributed by atoms with Gasteiger partial charge >= 0.3 is 6.16 Å². The third-order valence-electron chi connectivity index (χ3n) is 10.3. The Balaban J connectivity index is 2.37. The smallest absolute Gasteiger partial charge is 0.494 e. The minimum atomic E-state index is -0.640. The van der Waals surface area contributed by atoms with Crippen LogP contribution in [0.3, 0.4) is 0 Å². The Morgan fingerprint density at radius 1 is 0.509 bits per heavy atom. The first-order valence-corrected chi connectivity index (χ1v) is 23.6. The summed E-state index contributed by atoms with van der Waals surface area (Å²) in [7, 11) is 0. The van der Waals surface area contributed by atoms with Crippen LogP contribution in [0.2, 0.25) is 0 Å². The number of hydrogen-bond acceptors (Lipinski definition) is 6. The van der Waals surface area contributed by atoms with Crippen LogP contribution in [0, 0.1) is 0 Å². The Morgan fingerprint density at radius 3 is 1.49 bits per heavy atom. The number of hydrogen-bond donors (Lipinski definition) is 0. The number of benzene rings is 1. The molecular formula is C51H87NO5. The fourth-order valence-electron chi connectivity index (χ4n) is 6.61. The van der Waals surface area contributed by atoms with E-state index in [0.717, 1.165) is 75.2 Å². The van der Waals surface area contributed by atoms with Gasteiger partial charge in [-0.1, -0.05) is 153 Å². The average molecular weight is 794 g/mol. The van der Waals surface area contributed by atoms with Gasteiger partial charge < -0.3 is 23.8 Å². The summed E-state index contributed by atoms with van der Waals surface area (Å²) in [4.78, 5) is 14.7. The summed E-state index contributed by atoms with van der Waals surface area (Å²) < 4.78 is 23.3. The van der Waals surface area contributed by atoms with Gasteiger partial charge in [0.2, 0.25) is 0 Å². The van der Waals surface area contributed by atoms with Crippen molar-refractivity contribution in [2.45, 2.75) is 195 Å². The van der Waals surface area contributed by atoms with Gasteiger partial charge in [0, 0.05) is 12.1 Å². The predicted octanol–water partition coefficient (Wildman–Crippen LogP) is 15.5. The number of rotatable bonds is 40. The Kier molecular flexibility index (Phi) is 37.6. The third-order valence-corrected chi connectivity index (χ3v) is 10.3. The van der Waals surface area contributed by atoms with Gasteiger partial charge in [-0.25, -0.2) is 4.79 Å². The molecule has 0 aliphatic rings. The maximum Gasteiger partial charge on any atom is 0.508 e. The number of unbranched alkanes of at least 4 members (excludes halogenated alkanes) is 18. The topological polar surface area (TPSA) is 57.2 Å². The van der Waals surface area contributed by atoms with Crippen LogP contribution in [0.1, 0.15) is 194 Å². The van der Waals surface area contributed by atoms with E-state index < -0.39 is 6.16 Å². The fraction of sp³-hybridized carbons (Fsp3) is 0.706. The summed E-state index contributed by atoms with van der Waals surface area (Å²) >= 11 is 0. The maximum absolute atomic E-state index is 12.4. The third kappa shape index (κ3) is 33.7. The van der Waals surface area contributed by atoms with Gasteiger partial charge in [-0.3, -0.25) is 0 Å². The Labute approximate surface area is 351 Å². The monoisotopic (exact) mass is 794 g/mol. The van der Waals surface area contributed by atoms with Crippen molar-refractivity contribution in [1.82, 2.24) is 4.90 Å². The van der Waals surface area contributed by atoms with Crippen LogP contribution in [-0.2, 0) is 16.1 Å². The molecule has 0 aliphatic carbocycles. The maximum atomic E-state index is 12.4. The van der Waals surface area contributed by atoms with Gasteiger partial charge in [-0.05, 0) is 115 Å². The van der Waals surface area contributed by atoms with Crippen LogP contribution in [0.5, 0.6) is 11.5 Å². The van der Waals surface area contributed by atoms with Gasteiger partial charge in [0.1, 0.15) is 18.1 Å². The zero-order valence-corrected chi connectivity index (χ0v) is 37.5. The summed E-state index contributed by atoms with van der Waals surface area (Å²) in [5.41, 5.74) is 0.810. The molecule has 0 aromatic heterocycles. The van der Waals surface area contributed by atoms with Gasteiger partial charge in [0.15, 0.2) is 0 Å². The van der Waals surface area contributed by atoms with Crippen molar-refractivity contribution in [2.75, 3.05) is 39.5 Å². The lowest BCUT2D eigenvalue weighted by Gasteiger charge is -2.17. The van der Waals surface area contributed by atoms with Crippen molar-refractivity contribution in [1.29, 1.82) is 0 Å². The Bertz CT molecular complexity index is 1150. The van der Waals surface area contributed by atoms with Crippen LogP contribution in [0.4, 0.5) is 4.79 Å². The van der Waals surface area contributed by atoms with Crippen molar-refractivity contribution in [3.63, 3.8) is 0 Å². The summed E-state index contributed by atoms with van der Waals surface area (Å²) in [5.74, 6) is 1.53. The van der Waals surface area contributed by atoms with Crippen LogP contribution < -0.4 is 9.47 Å². The highest BCUT2D eigenvalue weighted by atomic mass is 16.7. The normalized spacial score (nSPS) is 11.9. The molecule has 0 amide bonds.